The van der Waals surface area contributed by atoms with E-state index in [0.29, 0.717) is 0 Å². The molecule has 0 radical (unpaired) electrons. The Morgan fingerprint density at radius 1 is 1.58 bits per heavy atom. The highest BCUT2D eigenvalue weighted by Crippen LogP contribution is 2.16. The molecule has 0 heterocycles. The number of ketones is 1. The molecule has 0 aromatic heterocycles. The monoisotopic (exact) mass is 183 g/mol. The second-order valence-electron chi connectivity index (χ2n) is 1.84. The molecule has 0 rings (SSSR count). The van der Waals surface area contributed by atoms with Gasteiger partial charge >= 0.3 is 6.18 Å². The van der Waals surface area contributed by atoms with E-state index < -0.39 is 17.8 Å². The van der Waals surface area contributed by atoms with E-state index in [9.17, 15) is 18.0 Å². The van der Waals surface area contributed by atoms with Crippen molar-refractivity contribution < 1.29 is 22.7 Å². The third-order valence-corrected chi connectivity index (χ3v) is 0.864. The number of hydrogen-bond acceptors (Lipinski definition) is 3. The third-order valence-electron chi connectivity index (χ3n) is 0.864. The maximum absolute atomic E-state index is 11.5. The molecule has 70 valence electrons. The van der Waals surface area contributed by atoms with Crippen molar-refractivity contribution >= 4 is 5.78 Å². The van der Waals surface area contributed by atoms with Crippen LogP contribution in [0.3, 0.4) is 0 Å². The van der Waals surface area contributed by atoms with Crippen molar-refractivity contribution in [3.05, 3.63) is 12.0 Å². The van der Waals surface area contributed by atoms with Crippen LogP contribution in [0, 0.1) is 0 Å². The highest BCUT2D eigenvalue weighted by Gasteiger charge is 2.36. The van der Waals surface area contributed by atoms with Crippen molar-refractivity contribution in [2.45, 2.75) is 13.1 Å². The van der Waals surface area contributed by atoms with E-state index in [1.54, 1.807) is 6.92 Å². The van der Waals surface area contributed by atoms with Crippen LogP contribution in [0.15, 0.2) is 12.0 Å². The molecule has 0 saturated heterocycles. The lowest BCUT2D eigenvalue weighted by atomic mass is 10.4. The lowest BCUT2D eigenvalue weighted by Crippen LogP contribution is -2.22. The van der Waals surface area contributed by atoms with E-state index in [4.69, 9.17) is 5.73 Å². The second kappa shape index (κ2) is 3.99. The summed E-state index contributed by atoms with van der Waals surface area (Å²) in [5.41, 5.74) is 4.90. The molecule has 0 aliphatic heterocycles. The quantitative estimate of drug-likeness (QED) is 0.523. The minimum Gasteiger partial charge on any atom is -0.480 e. The Kier molecular flexibility index (Phi) is 3.59. The SMILES string of the molecule is CCOC(N)=CC(=O)C(F)(F)F. The van der Waals surface area contributed by atoms with E-state index >= 15 is 0 Å². The standard InChI is InChI=1S/C6H8F3NO2/c1-2-12-5(10)3-4(11)6(7,8)9/h3H,2,10H2,1H3. The van der Waals surface area contributed by atoms with Gasteiger partial charge in [0, 0.05) is 0 Å². The van der Waals surface area contributed by atoms with Gasteiger partial charge in [0.1, 0.15) is 0 Å². The third kappa shape index (κ3) is 3.85. The number of ether oxygens (including phenoxy) is 1. The van der Waals surface area contributed by atoms with E-state index in [1.807, 2.05) is 0 Å². The van der Waals surface area contributed by atoms with Crippen LogP contribution >= 0.6 is 0 Å². The Morgan fingerprint density at radius 2 is 2.08 bits per heavy atom. The molecule has 12 heavy (non-hydrogen) atoms. The van der Waals surface area contributed by atoms with E-state index in [1.165, 1.54) is 0 Å². The first kappa shape index (κ1) is 10.8. The number of carbonyl (C=O) groups excluding carboxylic acids is 1. The molecular weight excluding hydrogens is 175 g/mol. The van der Waals surface area contributed by atoms with Gasteiger partial charge < -0.3 is 10.5 Å². The molecule has 0 aliphatic carbocycles. The van der Waals surface area contributed by atoms with Gasteiger partial charge in [-0.2, -0.15) is 13.2 Å². The zero-order valence-corrected chi connectivity index (χ0v) is 6.31. The maximum atomic E-state index is 11.5. The predicted octanol–water partition coefficient (Wildman–Crippen LogP) is 0.954. The van der Waals surface area contributed by atoms with Gasteiger partial charge in [-0.1, -0.05) is 0 Å². The Bertz CT molecular complexity index is 197. The largest absolute Gasteiger partial charge is 0.480 e. The number of allylic oxidation sites excluding steroid dienone is 1. The molecule has 0 unspecified atom stereocenters. The van der Waals surface area contributed by atoms with Gasteiger partial charge in [0.05, 0.1) is 12.7 Å². The zero-order chi connectivity index (χ0) is 9.78. The molecular formula is C6H8F3NO2. The summed E-state index contributed by atoms with van der Waals surface area (Å²) in [7, 11) is 0. The maximum Gasteiger partial charge on any atom is 0.454 e. The van der Waals surface area contributed by atoms with Crippen LogP contribution in [-0.4, -0.2) is 18.6 Å². The lowest BCUT2D eigenvalue weighted by molar-refractivity contribution is -0.165. The van der Waals surface area contributed by atoms with Crippen molar-refractivity contribution in [2.24, 2.45) is 5.73 Å². The average molecular weight is 183 g/mol. The summed E-state index contributed by atoms with van der Waals surface area (Å²) in [6.07, 6.45) is -4.68. The Balaban J connectivity index is 4.24. The molecule has 0 fully saturated rings. The molecule has 0 saturated carbocycles. The van der Waals surface area contributed by atoms with Gasteiger partial charge in [0.2, 0.25) is 0 Å². The van der Waals surface area contributed by atoms with E-state index in [0.717, 1.165) is 0 Å². The highest BCUT2D eigenvalue weighted by atomic mass is 19.4. The van der Waals surface area contributed by atoms with Gasteiger partial charge in [-0.3, -0.25) is 4.79 Å². The number of nitrogens with two attached hydrogens (primary N) is 1. The Labute approximate surface area is 67.0 Å². The van der Waals surface area contributed by atoms with Crippen molar-refractivity contribution in [3.8, 4) is 0 Å². The van der Waals surface area contributed by atoms with Crippen molar-refractivity contribution in [1.29, 1.82) is 0 Å². The summed E-state index contributed by atoms with van der Waals surface area (Å²) >= 11 is 0. The summed E-state index contributed by atoms with van der Waals surface area (Å²) < 4.78 is 39.1. The predicted molar refractivity (Wildman–Crippen MR) is 35.0 cm³/mol. The first-order valence-electron chi connectivity index (χ1n) is 3.09. The molecule has 0 aromatic rings. The van der Waals surface area contributed by atoms with Crippen molar-refractivity contribution in [1.82, 2.24) is 0 Å². The van der Waals surface area contributed by atoms with E-state index in [-0.39, 0.29) is 12.7 Å². The minimum absolute atomic E-state index is 0.119. The normalized spacial score (nSPS) is 12.8. The second-order valence-corrected chi connectivity index (χ2v) is 1.84. The van der Waals surface area contributed by atoms with Crippen LogP contribution in [-0.2, 0) is 9.53 Å². The fraction of sp³-hybridized carbons (Fsp3) is 0.500. The van der Waals surface area contributed by atoms with E-state index in [2.05, 4.69) is 4.74 Å². The molecule has 3 nitrogen and oxygen atoms in total. The van der Waals surface area contributed by atoms with Crippen LogP contribution in [0.1, 0.15) is 6.92 Å². The lowest BCUT2D eigenvalue weighted by Gasteiger charge is -2.03. The summed E-state index contributed by atoms with van der Waals surface area (Å²) in [4.78, 5) is 10.2. The first-order valence-corrected chi connectivity index (χ1v) is 3.09. The number of carbonyl (C=O) groups is 1. The van der Waals surface area contributed by atoms with Gasteiger partial charge in [-0.25, -0.2) is 0 Å². The molecule has 0 spiro atoms. The van der Waals surface area contributed by atoms with Gasteiger partial charge in [0.15, 0.2) is 5.88 Å². The van der Waals surface area contributed by atoms with Crippen molar-refractivity contribution in [2.75, 3.05) is 6.61 Å². The molecule has 0 bridgehead atoms. The topological polar surface area (TPSA) is 52.3 Å². The van der Waals surface area contributed by atoms with Crippen LogP contribution in [0.4, 0.5) is 13.2 Å². The minimum atomic E-state index is -4.89. The Hall–Kier alpha value is -1.20. The average Bonchev–Trinajstić information content (AvgIpc) is 1.85. The fourth-order valence-corrected chi connectivity index (χ4v) is 0.419. The summed E-state index contributed by atoms with van der Waals surface area (Å²) in [5, 5.41) is 0. The highest BCUT2D eigenvalue weighted by molar-refractivity contribution is 5.94. The van der Waals surface area contributed by atoms with Crippen molar-refractivity contribution in [3.63, 3.8) is 0 Å². The molecule has 2 N–H and O–H groups in total. The van der Waals surface area contributed by atoms with Gasteiger partial charge in [0.25, 0.3) is 5.78 Å². The molecule has 0 atom stereocenters. The number of halogens is 3. The van der Waals surface area contributed by atoms with Crippen LogP contribution < -0.4 is 5.73 Å². The van der Waals surface area contributed by atoms with Crippen LogP contribution in [0.2, 0.25) is 0 Å². The zero-order valence-electron chi connectivity index (χ0n) is 6.31. The fourth-order valence-electron chi connectivity index (χ4n) is 0.419. The Morgan fingerprint density at radius 3 is 2.42 bits per heavy atom. The molecule has 6 heteroatoms. The summed E-state index contributed by atoms with van der Waals surface area (Å²) in [6.45, 7) is 1.66. The number of rotatable bonds is 3. The summed E-state index contributed by atoms with van der Waals surface area (Å²) in [6, 6.07) is 0. The molecule has 0 aliphatic rings. The summed E-state index contributed by atoms with van der Waals surface area (Å²) in [5.74, 6) is -2.55. The van der Waals surface area contributed by atoms with Crippen LogP contribution in [0.5, 0.6) is 0 Å². The van der Waals surface area contributed by atoms with Crippen LogP contribution in [0.25, 0.3) is 0 Å². The number of hydrogen-bond donors (Lipinski definition) is 1. The first-order chi connectivity index (χ1) is 5.38. The smallest absolute Gasteiger partial charge is 0.454 e. The molecule has 0 aromatic carbocycles. The van der Waals surface area contributed by atoms with Gasteiger partial charge in [-0.15, -0.1) is 0 Å². The number of alkyl halides is 3. The molecule has 0 amide bonds. The van der Waals surface area contributed by atoms with Gasteiger partial charge in [-0.05, 0) is 6.92 Å².